The molecule has 116 valence electrons. The Morgan fingerprint density at radius 1 is 1.23 bits per heavy atom. The molecule has 0 aliphatic carbocycles. The van der Waals surface area contributed by atoms with Crippen molar-refractivity contribution in [3.63, 3.8) is 0 Å². The van der Waals surface area contributed by atoms with E-state index in [9.17, 15) is 0 Å². The lowest BCUT2D eigenvalue weighted by Crippen LogP contribution is -2.36. The van der Waals surface area contributed by atoms with Crippen molar-refractivity contribution < 1.29 is 9.47 Å². The fourth-order valence-corrected chi connectivity index (χ4v) is 2.34. The Hall–Kier alpha value is -2.21. The van der Waals surface area contributed by atoms with Gasteiger partial charge in [0.1, 0.15) is 5.82 Å². The van der Waals surface area contributed by atoms with E-state index in [2.05, 4.69) is 19.9 Å². The Balaban J connectivity index is 1.62. The first-order valence-corrected chi connectivity index (χ1v) is 7.52. The van der Waals surface area contributed by atoms with Crippen LogP contribution >= 0.6 is 0 Å². The first kappa shape index (κ1) is 14.7. The summed E-state index contributed by atoms with van der Waals surface area (Å²) < 4.78 is 11.1. The van der Waals surface area contributed by atoms with Crippen LogP contribution in [-0.2, 0) is 11.2 Å². The Kier molecular flexibility index (Phi) is 4.80. The maximum absolute atomic E-state index is 5.70. The monoisotopic (exact) mass is 300 g/mol. The van der Waals surface area contributed by atoms with E-state index in [1.807, 2.05) is 31.2 Å². The van der Waals surface area contributed by atoms with Gasteiger partial charge in [0.25, 0.3) is 0 Å². The maximum atomic E-state index is 5.70. The summed E-state index contributed by atoms with van der Waals surface area (Å²) in [5.41, 5.74) is 1.91. The molecular weight excluding hydrogens is 280 g/mol. The molecule has 0 saturated carbocycles. The van der Waals surface area contributed by atoms with Gasteiger partial charge < -0.3 is 14.4 Å². The van der Waals surface area contributed by atoms with E-state index in [-0.39, 0.29) is 0 Å². The van der Waals surface area contributed by atoms with Crippen LogP contribution in [0.2, 0.25) is 0 Å². The lowest BCUT2D eigenvalue weighted by molar-refractivity contribution is 0.122. The van der Waals surface area contributed by atoms with E-state index in [1.54, 1.807) is 6.20 Å². The SMILES string of the molecule is Cc1cc(N2CCOCC2)nc(OCCc2ccccn2)n1. The molecule has 2 aromatic rings. The lowest BCUT2D eigenvalue weighted by Gasteiger charge is -2.28. The standard InChI is InChI=1S/C16H20N4O2/c1-13-12-15(20-7-10-21-11-8-20)19-16(18-13)22-9-5-14-4-2-3-6-17-14/h2-4,6,12H,5,7-11H2,1H3. The van der Waals surface area contributed by atoms with Crippen LogP contribution < -0.4 is 9.64 Å². The van der Waals surface area contributed by atoms with E-state index in [4.69, 9.17) is 9.47 Å². The minimum atomic E-state index is 0.428. The Bertz CT molecular complexity index is 600. The number of hydrogen-bond donors (Lipinski definition) is 0. The third-order valence-electron chi connectivity index (χ3n) is 3.47. The van der Waals surface area contributed by atoms with Crippen molar-refractivity contribution in [2.45, 2.75) is 13.3 Å². The molecule has 1 aliphatic rings. The molecule has 1 saturated heterocycles. The first-order chi connectivity index (χ1) is 10.8. The predicted octanol–water partition coefficient (Wildman–Crippen LogP) is 1.64. The van der Waals surface area contributed by atoms with Gasteiger partial charge in [-0.2, -0.15) is 4.98 Å². The number of ether oxygens (including phenoxy) is 2. The van der Waals surface area contributed by atoms with Crippen molar-refractivity contribution in [2.24, 2.45) is 0 Å². The third kappa shape index (κ3) is 3.92. The number of aryl methyl sites for hydroxylation is 1. The number of rotatable bonds is 5. The molecule has 1 fully saturated rings. The number of pyridine rings is 1. The molecule has 0 unspecified atom stereocenters. The van der Waals surface area contributed by atoms with Gasteiger partial charge >= 0.3 is 6.01 Å². The first-order valence-electron chi connectivity index (χ1n) is 7.52. The topological polar surface area (TPSA) is 60.4 Å². The van der Waals surface area contributed by atoms with E-state index in [0.717, 1.165) is 49.9 Å². The smallest absolute Gasteiger partial charge is 0.318 e. The molecule has 6 nitrogen and oxygen atoms in total. The number of morpholine rings is 1. The van der Waals surface area contributed by atoms with Gasteiger partial charge in [0.15, 0.2) is 0 Å². The van der Waals surface area contributed by atoms with Crippen LogP contribution in [0.25, 0.3) is 0 Å². The summed E-state index contributed by atoms with van der Waals surface area (Å²) in [6, 6.07) is 8.28. The Morgan fingerprint density at radius 2 is 2.09 bits per heavy atom. The second-order valence-electron chi connectivity index (χ2n) is 5.17. The second-order valence-corrected chi connectivity index (χ2v) is 5.17. The molecule has 0 radical (unpaired) electrons. The second kappa shape index (κ2) is 7.17. The number of hydrogen-bond acceptors (Lipinski definition) is 6. The molecule has 3 rings (SSSR count). The summed E-state index contributed by atoms with van der Waals surface area (Å²) in [5.74, 6) is 0.906. The van der Waals surface area contributed by atoms with Crippen LogP contribution in [0.3, 0.4) is 0 Å². The highest BCUT2D eigenvalue weighted by atomic mass is 16.5. The normalized spacial score (nSPS) is 14.9. The molecular formula is C16H20N4O2. The average Bonchev–Trinajstić information content (AvgIpc) is 2.56. The van der Waals surface area contributed by atoms with Gasteiger partial charge in [-0.15, -0.1) is 0 Å². The fourth-order valence-electron chi connectivity index (χ4n) is 2.34. The van der Waals surface area contributed by atoms with Gasteiger partial charge in [0.2, 0.25) is 0 Å². The molecule has 0 N–H and O–H groups in total. The highest BCUT2D eigenvalue weighted by Crippen LogP contribution is 2.17. The zero-order valence-corrected chi connectivity index (χ0v) is 12.7. The van der Waals surface area contributed by atoms with Crippen molar-refractivity contribution in [1.29, 1.82) is 0 Å². The average molecular weight is 300 g/mol. The lowest BCUT2D eigenvalue weighted by atomic mass is 10.3. The minimum absolute atomic E-state index is 0.428. The molecule has 0 spiro atoms. The molecule has 0 amide bonds. The highest BCUT2D eigenvalue weighted by molar-refractivity contribution is 5.40. The van der Waals surface area contributed by atoms with E-state index < -0.39 is 0 Å². The zero-order valence-electron chi connectivity index (χ0n) is 12.7. The van der Waals surface area contributed by atoms with E-state index in [0.29, 0.717) is 12.6 Å². The van der Waals surface area contributed by atoms with Crippen LogP contribution in [0, 0.1) is 6.92 Å². The summed E-state index contributed by atoms with van der Waals surface area (Å²) in [7, 11) is 0. The quantitative estimate of drug-likeness (QED) is 0.836. The van der Waals surface area contributed by atoms with Gasteiger partial charge in [-0.1, -0.05) is 6.07 Å². The van der Waals surface area contributed by atoms with Crippen LogP contribution in [-0.4, -0.2) is 47.9 Å². The van der Waals surface area contributed by atoms with Crippen molar-refractivity contribution >= 4 is 5.82 Å². The van der Waals surface area contributed by atoms with Crippen molar-refractivity contribution in [2.75, 3.05) is 37.8 Å². The molecule has 0 atom stereocenters. The number of anilines is 1. The largest absolute Gasteiger partial charge is 0.463 e. The zero-order chi connectivity index (χ0) is 15.2. The molecule has 0 bridgehead atoms. The van der Waals surface area contributed by atoms with E-state index >= 15 is 0 Å². The maximum Gasteiger partial charge on any atom is 0.318 e. The summed E-state index contributed by atoms with van der Waals surface area (Å²) in [4.78, 5) is 15.3. The van der Waals surface area contributed by atoms with Crippen molar-refractivity contribution in [3.05, 3.63) is 41.9 Å². The Labute approximate surface area is 130 Å². The van der Waals surface area contributed by atoms with Gasteiger partial charge in [0.05, 0.1) is 19.8 Å². The predicted molar refractivity (Wildman–Crippen MR) is 83.2 cm³/mol. The van der Waals surface area contributed by atoms with Crippen LogP contribution in [0.15, 0.2) is 30.5 Å². The van der Waals surface area contributed by atoms with Crippen LogP contribution in [0.5, 0.6) is 6.01 Å². The van der Waals surface area contributed by atoms with E-state index in [1.165, 1.54) is 0 Å². The third-order valence-corrected chi connectivity index (χ3v) is 3.47. The minimum Gasteiger partial charge on any atom is -0.463 e. The number of nitrogens with zero attached hydrogens (tertiary/aromatic N) is 4. The molecule has 3 heterocycles. The summed E-state index contributed by atoms with van der Waals surface area (Å²) in [6.07, 6.45) is 2.53. The van der Waals surface area contributed by atoms with Gasteiger partial charge in [-0.05, 0) is 19.1 Å². The summed E-state index contributed by atoms with van der Waals surface area (Å²) in [5, 5.41) is 0. The van der Waals surface area contributed by atoms with Crippen LogP contribution in [0.1, 0.15) is 11.4 Å². The van der Waals surface area contributed by atoms with Gasteiger partial charge in [-0.3, -0.25) is 4.98 Å². The molecule has 6 heteroatoms. The number of aromatic nitrogens is 3. The molecule has 1 aliphatic heterocycles. The summed E-state index contributed by atoms with van der Waals surface area (Å²) >= 11 is 0. The molecule has 22 heavy (non-hydrogen) atoms. The Morgan fingerprint density at radius 3 is 2.86 bits per heavy atom. The molecule has 2 aromatic heterocycles. The highest BCUT2D eigenvalue weighted by Gasteiger charge is 2.14. The summed E-state index contributed by atoms with van der Waals surface area (Å²) in [6.45, 7) is 5.64. The fraction of sp³-hybridized carbons (Fsp3) is 0.438. The van der Waals surface area contributed by atoms with Crippen LogP contribution in [0.4, 0.5) is 5.82 Å². The van der Waals surface area contributed by atoms with Gasteiger partial charge in [0, 0.05) is 43.2 Å². The van der Waals surface area contributed by atoms with Crippen molar-refractivity contribution in [1.82, 2.24) is 15.0 Å². The van der Waals surface area contributed by atoms with Gasteiger partial charge in [-0.25, -0.2) is 4.98 Å². The van der Waals surface area contributed by atoms with Crippen molar-refractivity contribution in [3.8, 4) is 6.01 Å². The molecule has 0 aromatic carbocycles.